The molecule has 1 atom stereocenters. The van der Waals surface area contributed by atoms with Gasteiger partial charge in [-0.2, -0.15) is 0 Å². The summed E-state index contributed by atoms with van der Waals surface area (Å²) in [5.74, 6) is -0.556. The Bertz CT molecular complexity index is 810. The molecule has 1 unspecified atom stereocenters. The van der Waals surface area contributed by atoms with Gasteiger partial charge in [0.15, 0.2) is 0 Å². The molecule has 0 aromatic heterocycles. The lowest BCUT2D eigenvalue weighted by molar-refractivity contribution is 0.0835. The van der Waals surface area contributed by atoms with E-state index in [4.69, 9.17) is 10.5 Å². The maximum Gasteiger partial charge on any atom is 0.269 e. The summed E-state index contributed by atoms with van der Waals surface area (Å²) >= 11 is 0. The quantitative estimate of drug-likeness (QED) is 0.678. The van der Waals surface area contributed by atoms with Crippen molar-refractivity contribution in [3.8, 4) is 0 Å². The number of halogens is 1. The molecule has 2 amide bonds. The summed E-state index contributed by atoms with van der Waals surface area (Å²) in [5.41, 5.74) is 6.21. The van der Waals surface area contributed by atoms with Gasteiger partial charge in [-0.1, -0.05) is 0 Å². The number of carbonyl (C=O) groups is 2. The molecule has 0 spiro atoms. The number of sulfonamides is 1. The molecule has 1 saturated carbocycles. The second-order valence-electron chi connectivity index (χ2n) is 6.30. The highest BCUT2D eigenvalue weighted by Gasteiger charge is 2.41. The van der Waals surface area contributed by atoms with Crippen LogP contribution in [0.25, 0.3) is 0 Å². The van der Waals surface area contributed by atoms with Crippen LogP contribution in [-0.2, 0) is 14.8 Å². The third-order valence-electron chi connectivity index (χ3n) is 4.49. The molecule has 0 saturated heterocycles. The molecule has 8 nitrogen and oxygen atoms in total. The van der Waals surface area contributed by atoms with E-state index in [0.29, 0.717) is 12.5 Å². The molecule has 1 heterocycles. The number of methoxy groups -OCH3 is 1. The predicted octanol–water partition coefficient (Wildman–Crippen LogP) is 0.366. The van der Waals surface area contributed by atoms with E-state index < -0.39 is 21.8 Å². The lowest BCUT2D eigenvalue weighted by Crippen LogP contribution is -2.38. The second-order valence-corrected chi connectivity index (χ2v) is 8.13. The number of ether oxygens (including phenoxy) is 1. The molecule has 1 aromatic rings. The summed E-state index contributed by atoms with van der Waals surface area (Å²) in [6.07, 6.45) is 2.15. The predicted molar refractivity (Wildman–Crippen MR) is 96.8 cm³/mol. The number of carbonyl (C=O) groups excluding carboxylic acids is 2. The van der Waals surface area contributed by atoms with E-state index in [9.17, 15) is 18.0 Å². The molecule has 26 heavy (non-hydrogen) atoms. The molecule has 2 aliphatic rings. The van der Waals surface area contributed by atoms with Gasteiger partial charge < -0.3 is 15.8 Å². The Hall–Kier alpha value is -1.68. The first-order chi connectivity index (χ1) is 11.9. The van der Waals surface area contributed by atoms with Crippen molar-refractivity contribution in [1.82, 2.24) is 9.62 Å². The van der Waals surface area contributed by atoms with Crippen molar-refractivity contribution in [2.45, 2.75) is 23.8 Å². The molecule has 1 aliphatic heterocycles. The van der Waals surface area contributed by atoms with E-state index in [-0.39, 0.29) is 47.6 Å². The van der Waals surface area contributed by atoms with Gasteiger partial charge in [-0.05, 0) is 37.0 Å². The largest absolute Gasteiger partial charge is 0.383 e. The number of rotatable bonds is 7. The number of benzene rings is 1. The van der Waals surface area contributed by atoms with Crippen molar-refractivity contribution < 1.29 is 22.7 Å². The number of nitrogens with two attached hydrogens (primary N) is 1. The zero-order chi connectivity index (χ0) is 18.2. The topological polar surface area (TPSA) is 119 Å². The maximum atomic E-state index is 12.5. The number of nitrogens with one attached hydrogen (secondary N) is 1. The van der Waals surface area contributed by atoms with Gasteiger partial charge in [0.25, 0.3) is 21.8 Å². The SMILES string of the molecule is COCCN1C(=O)c2ccc(C(=O)NCC(N)C3CC3)cc2S1(=O)=O.Cl. The third kappa shape index (κ3) is 3.85. The third-order valence-corrected chi connectivity index (χ3v) is 6.32. The zero-order valence-electron chi connectivity index (χ0n) is 14.3. The fourth-order valence-corrected chi connectivity index (χ4v) is 4.39. The first kappa shape index (κ1) is 20.6. The Balaban J connectivity index is 0.00000243. The highest BCUT2D eigenvalue weighted by Crippen LogP contribution is 2.32. The van der Waals surface area contributed by atoms with Crippen LogP contribution in [0.15, 0.2) is 23.1 Å². The molecule has 1 fully saturated rings. The molecule has 10 heteroatoms. The monoisotopic (exact) mass is 403 g/mol. The van der Waals surface area contributed by atoms with E-state index in [1.54, 1.807) is 0 Å². The Kier molecular flexibility index (Phi) is 6.28. The van der Waals surface area contributed by atoms with Gasteiger partial charge in [0.05, 0.1) is 18.7 Å². The molecule has 0 bridgehead atoms. The van der Waals surface area contributed by atoms with Gasteiger partial charge in [-0.3, -0.25) is 9.59 Å². The molecule has 0 radical (unpaired) electrons. The van der Waals surface area contributed by atoms with Gasteiger partial charge >= 0.3 is 0 Å². The minimum Gasteiger partial charge on any atom is -0.383 e. The van der Waals surface area contributed by atoms with Crippen molar-refractivity contribution in [3.05, 3.63) is 29.3 Å². The van der Waals surface area contributed by atoms with Crippen LogP contribution in [0, 0.1) is 5.92 Å². The first-order valence-electron chi connectivity index (χ1n) is 8.10. The van der Waals surface area contributed by atoms with Gasteiger partial charge in [0.2, 0.25) is 0 Å². The van der Waals surface area contributed by atoms with Crippen LogP contribution in [0.1, 0.15) is 33.6 Å². The first-order valence-corrected chi connectivity index (χ1v) is 9.54. The maximum absolute atomic E-state index is 12.5. The van der Waals surface area contributed by atoms with Gasteiger partial charge in [0, 0.05) is 25.3 Å². The lowest BCUT2D eigenvalue weighted by atomic mass is 10.1. The van der Waals surface area contributed by atoms with Crippen molar-refractivity contribution in [1.29, 1.82) is 0 Å². The summed E-state index contributed by atoms with van der Waals surface area (Å²) in [6.45, 7) is 0.377. The number of amides is 2. The number of nitrogens with zero attached hydrogens (tertiary/aromatic N) is 1. The minimum absolute atomic E-state index is 0. The van der Waals surface area contributed by atoms with Gasteiger partial charge in [-0.25, -0.2) is 12.7 Å². The van der Waals surface area contributed by atoms with E-state index >= 15 is 0 Å². The number of fused-ring (bicyclic) bond motifs is 1. The van der Waals surface area contributed by atoms with Crippen LogP contribution < -0.4 is 11.1 Å². The highest BCUT2D eigenvalue weighted by molar-refractivity contribution is 7.90. The van der Waals surface area contributed by atoms with Crippen molar-refractivity contribution >= 4 is 34.2 Å². The molecule has 1 aromatic carbocycles. The Morgan fingerprint density at radius 1 is 1.42 bits per heavy atom. The Morgan fingerprint density at radius 2 is 2.12 bits per heavy atom. The average Bonchev–Trinajstić information content (AvgIpc) is 3.41. The lowest BCUT2D eigenvalue weighted by Gasteiger charge is -2.14. The smallest absolute Gasteiger partial charge is 0.269 e. The summed E-state index contributed by atoms with van der Waals surface area (Å²) in [4.78, 5) is 24.4. The standard InChI is InChI=1S/C16H21N3O5S.ClH/c1-24-7-6-19-16(21)12-5-4-11(8-14(12)25(19,22)23)15(20)18-9-13(17)10-2-3-10;/h4-5,8,10,13H,2-3,6-7,9,17H2,1H3,(H,18,20);1H. The number of hydrogen-bond acceptors (Lipinski definition) is 6. The van der Waals surface area contributed by atoms with Crippen molar-refractivity contribution in [2.75, 3.05) is 26.8 Å². The van der Waals surface area contributed by atoms with E-state index in [1.165, 1.54) is 25.3 Å². The molecule has 144 valence electrons. The summed E-state index contributed by atoms with van der Waals surface area (Å²) in [6, 6.07) is 3.98. The fraction of sp³-hybridized carbons (Fsp3) is 0.500. The van der Waals surface area contributed by atoms with E-state index in [0.717, 1.165) is 17.1 Å². The van der Waals surface area contributed by atoms with Crippen LogP contribution in [0.2, 0.25) is 0 Å². The average molecular weight is 404 g/mol. The minimum atomic E-state index is -3.96. The zero-order valence-corrected chi connectivity index (χ0v) is 15.9. The molecular weight excluding hydrogens is 382 g/mol. The van der Waals surface area contributed by atoms with Crippen LogP contribution in [0.4, 0.5) is 0 Å². The highest BCUT2D eigenvalue weighted by atomic mass is 35.5. The van der Waals surface area contributed by atoms with Gasteiger partial charge in [0.1, 0.15) is 4.90 Å². The van der Waals surface area contributed by atoms with Crippen molar-refractivity contribution in [3.63, 3.8) is 0 Å². The Labute approximate surface area is 158 Å². The summed E-state index contributed by atoms with van der Waals surface area (Å²) in [5, 5.41) is 2.72. The summed E-state index contributed by atoms with van der Waals surface area (Å²) in [7, 11) is -2.53. The Morgan fingerprint density at radius 3 is 2.73 bits per heavy atom. The van der Waals surface area contributed by atoms with Crippen molar-refractivity contribution in [2.24, 2.45) is 11.7 Å². The van der Waals surface area contributed by atoms with E-state index in [1.807, 2.05) is 0 Å². The molecular formula is C16H22ClN3O5S. The fourth-order valence-electron chi connectivity index (χ4n) is 2.82. The summed E-state index contributed by atoms with van der Waals surface area (Å²) < 4.78 is 30.7. The van der Waals surface area contributed by atoms with Crippen LogP contribution in [-0.4, -0.2) is 57.4 Å². The molecule has 3 rings (SSSR count). The van der Waals surface area contributed by atoms with Crippen LogP contribution in [0.3, 0.4) is 0 Å². The van der Waals surface area contributed by atoms with Gasteiger partial charge in [-0.15, -0.1) is 12.4 Å². The van der Waals surface area contributed by atoms with E-state index in [2.05, 4.69) is 5.32 Å². The van der Waals surface area contributed by atoms with Crippen LogP contribution >= 0.6 is 12.4 Å². The number of hydrogen-bond donors (Lipinski definition) is 2. The second kappa shape index (κ2) is 7.91. The normalized spacial score (nSPS) is 18.8. The molecule has 1 aliphatic carbocycles. The molecule has 3 N–H and O–H groups in total. The van der Waals surface area contributed by atoms with Crippen LogP contribution in [0.5, 0.6) is 0 Å².